The molecule has 0 aliphatic carbocycles. The van der Waals surface area contributed by atoms with Crippen molar-refractivity contribution in [3.63, 3.8) is 0 Å². The minimum atomic E-state index is 0.571. The molecule has 0 saturated heterocycles. The molecule has 0 amide bonds. The number of anilines is 1. The van der Waals surface area contributed by atoms with Gasteiger partial charge in [-0.05, 0) is 31.5 Å². The van der Waals surface area contributed by atoms with Gasteiger partial charge in [-0.15, -0.1) is 0 Å². The fourth-order valence-corrected chi connectivity index (χ4v) is 2.10. The van der Waals surface area contributed by atoms with Crippen LogP contribution in [0.15, 0.2) is 30.6 Å². The third-order valence-corrected chi connectivity index (χ3v) is 3.26. The summed E-state index contributed by atoms with van der Waals surface area (Å²) in [6.45, 7) is 6.95. The fourth-order valence-electron chi connectivity index (χ4n) is 2.10. The lowest BCUT2D eigenvalue weighted by Crippen LogP contribution is -2.02. The van der Waals surface area contributed by atoms with Gasteiger partial charge in [0.15, 0.2) is 0 Å². The van der Waals surface area contributed by atoms with Crippen LogP contribution >= 0.6 is 0 Å². The van der Waals surface area contributed by atoms with Gasteiger partial charge in [0.2, 0.25) is 0 Å². The molecule has 0 atom stereocenters. The molecule has 21 heavy (non-hydrogen) atoms. The minimum absolute atomic E-state index is 0.571. The molecule has 0 spiro atoms. The summed E-state index contributed by atoms with van der Waals surface area (Å²) in [5.74, 6) is 0.867. The smallest absolute Gasteiger partial charge is 0.124 e. The highest BCUT2D eigenvalue weighted by Crippen LogP contribution is 2.21. The van der Waals surface area contributed by atoms with Gasteiger partial charge in [-0.25, -0.2) is 0 Å². The van der Waals surface area contributed by atoms with Gasteiger partial charge < -0.3 is 14.8 Å². The molecule has 2 rings (SSSR count). The van der Waals surface area contributed by atoms with Crippen LogP contribution in [-0.2, 0) is 24.4 Å². The van der Waals surface area contributed by atoms with E-state index in [9.17, 15) is 0 Å². The van der Waals surface area contributed by atoms with Crippen molar-refractivity contribution in [2.75, 3.05) is 19.0 Å². The SMILES string of the molecule is CCOCc1cc(CNc2cnn(CC)c2)ccc1OC. The number of aromatic nitrogens is 2. The topological polar surface area (TPSA) is 48.3 Å². The largest absolute Gasteiger partial charge is 0.496 e. The van der Waals surface area contributed by atoms with Crippen LogP contribution in [0.2, 0.25) is 0 Å². The van der Waals surface area contributed by atoms with E-state index in [2.05, 4.69) is 29.5 Å². The molecule has 0 radical (unpaired) electrons. The number of methoxy groups -OCH3 is 1. The van der Waals surface area contributed by atoms with E-state index in [-0.39, 0.29) is 0 Å². The first-order chi connectivity index (χ1) is 10.3. The number of hydrogen-bond donors (Lipinski definition) is 1. The number of rotatable bonds is 8. The number of aryl methyl sites for hydroxylation is 1. The van der Waals surface area contributed by atoms with Crippen molar-refractivity contribution < 1.29 is 9.47 Å². The van der Waals surface area contributed by atoms with Gasteiger partial charge in [0.25, 0.3) is 0 Å². The Kier molecular flexibility index (Phi) is 5.63. The summed E-state index contributed by atoms with van der Waals surface area (Å²) >= 11 is 0. The summed E-state index contributed by atoms with van der Waals surface area (Å²) in [6.07, 6.45) is 3.85. The maximum atomic E-state index is 5.48. The average molecular weight is 289 g/mol. The van der Waals surface area contributed by atoms with Gasteiger partial charge in [0.1, 0.15) is 5.75 Å². The maximum absolute atomic E-state index is 5.48. The predicted molar refractivity (Wildman–Crippen MR) is 83.6 cm³/mol. The Bertz CT molecular complexity index is 566. The van der Waals surface area contributed by atoms with E-state index < -0.39 is 0 Å². The van der Waals surface area contributed by atoms with Gasteiger partial charge >= 0.3 is 0 Å². The number of benzene rings is 1. The predicted octanol–water partition coefficient (Wildman–Crippen LogP) is 3.06. The summed E-state index contributed by atoms with van der Waals surface area (Å²) in [4.78, 5) is 0. The monoisotopic (exact) mass is 289 g/mol. The van der Waals surface area contributed by atoms with Crippen molar-refractivity contribution in [1.82, 2.24) is 9.78 Å². The van der Waals surface area contributed by atoms with Gasteiger partial charge in [0, 0.05) is 31.5 Å². The second-order valence-electron chi connectivity index (χ2n) is 4.72. The van der Waals surface area contributed by atoms with Gasteiger partial charge in [0.05, 0.1) is 25.6 Å². The highest BCUT2D eigenvalue weighted by molar-refractivity contribution is 5.42. The number of hydrogen-bond acceptors (Lipinski definition) is 4. The number of nitrogens with zero attached hydrogens (tertiary/aromatic N) is 2. The van der Waals surface area contributed by atoms with E-state index in [0.717, 1.165) is 30.1 Å². The standard InChI is InChI=1S/C16H23N3O2/c1-4-19-11-15(10-18-19)17-9-13-6-7-16(20-3)14(8-13)12-21-5-2/h6-8,10-11,17H,4-5,9,12H2,1-3H3. The molecule has 0 saturated carbocycles. The van der Waals surface area contributed by atoms with Gasteiger partial charge in [-0.3, -0.25) is 4.68 Å². The Balaban J connectivity index is 2.02. The quantitative estimate of drug-likeness (QED) is 0.811. The minimum Gasteiger partial charge on any atom is -0.496 e. The summed E-state index contributed by atoms with van der Waals surface area (Å²) < 4.78 is 12.7. The van der Waals surface area contributed by atoms with E-state index in [0.29, 0.717) is 13.2 Å². The van der Waals surface area contributed by atoms with Crippen LogP contribution in [-0.4, -0.2) is 23.5 Å². The number of ether oxygens (including phenoxy) is 2. The molecule has 1 aromatic heterocycles. The molecule has 1 aromatic carbocycles. The lowest BCUT2D eigenvalue weighted by molar-refractivity contribution is 0.132. The summed E-state index contributed by atoms with van der Waals surface area (Å²) in [7, 11) is 1.68. The van der Waals surface area contributed by atoms with Crippen molar-refractivity contribution in [2.24, 2.45) is 0 Å². The average Bonchev–Trinajstić information content (AvgIpc) is 2.99. The highest BCUT2D eigenvalue weighted by atomic mass is 16.5. The first kappa shape index (κ1) is 15.4. The third kappa shape index (κ3) is 4.23. The van der Waals surface area contributed by atoms with Crippen LogP contribution in [0.5, 0.6) is 5.75 Å². The van der Waals surface area contributed by atoms with Gasteiger partial charge in [-0.1, -0.05) is 6.07 Å². The van der Waals surface area contributed by atoms with Crippen LogP contribution in [0.3, 0.4) is 0 Å². The second kappa shape index (κ2) is 7.69. The molecule has 5 nitrogen and oxygen atoms in total. The first-order valence-corrected chi connectivity index (χ1v) is 7.26. The van der Waals surface area contributed by atoms with Crippen LogP contribution < -0.4 is 10.1 Å². The molecule has 5 heteroatoms. The Morgan fingerprint density at radius 3 is 2.81 bits per heavy atom. The second-order valence-corrected chi connectivity index (χ2v) is 4.72. The molecule has 1 N–H and O–H groups in total. The van der Waals surface area contributed by atoms with Crippen molar-refractivity contribution in [3.8, 4) is 5.75 Å². The Labute approximate surface area is 125 Å². The third-order valence-electron chi connectivity index (χ3n) is 3.26. The van der Waals surface area contributed by atoms with Crippen molar-refractivity contribution >= 4 is 5.69 Å². The van der Waals surface area contributed by atoms with E-state index in [4.69, 9.17) is 9.47 Å². The molecule has 114 valence electrons. The van der Waals surface area contributed by atoms with Crippen molar-refractivity contribution in [1.29, 1.82) is 0 Å². The lowest BCUT2D eigenvalue weighted by atomic mass is 10.1. The van der Waals surface area contributed by atoms with Crippen molar-refractivity contribution in [2.45, 2.75) is 33.5 Å². The van der Waals surface area contributed by atoms with Crippen LogP contribution in [0, 0.1) is 0 Å². The molecule has 0 aliphatic rings. The Morgan fingerprint density at radius 2 is 2.14 bits per heavy atom. The zero-order valence-corrected chi connectivity index (χ0v) is 12.9. The maximum Gasteiger partial charge on any atom is 0.124 e. The van der Waals surface area contributed by atoms with Gasteiger partial charge in [-0.2, -0.15) is 5.10 Å². The summed E-state index contributed by atoms with van der Waals surface area (Å²) in [5.41, 5.74) is 3.29. The zero-order valence-electron chi connectivity index (χ0n) is 12.9. The van der Waals surface area contributed by atoms with E-state index in [1.54, 1.807) is 7.11 Å². The molecule has 2 aromatic rings. The molecule has 0 fully saturated rings. The molecule has 0 bridgehead atoms. The van der Waals surface area contributed by atoms with Crippen LogP contribution in [0.1, 0.15) is 25.0 Å². The summed E-state index contributed by atoms with van der Waals surface area (Å²) in [6, 6.07) is 6.16. The zero-order chi connectivity index (χ0) is 15.1. The van der Waals surface area contributed by atoms with E-state index >= 15 is 0 Å². The van der Waals surface area contributed by atoms with Crippen LogP contribution in [0.4, 0.5) is 5.69 Å². The molecular weight excluding hydrogens is 266 g/mol. The van der Waals surface area contributed by atoms with E-state index in [1.165, 1.54) is 5.56 Å². The normalized spacial score (nSPS) is 10.6. The lowest BCUT2D eigenvalue weighted by Gasteiger charge is -2.11. The Morgan fingerprint density at radius 1 is 1.29 bits per heavy atom. The molecular formula is C16H23N3O2. The Hall–Kier alpha value is -2.01. The van der Waals surface area contributed by atoms with Crippen molar-refractivity contribution in [3.05, 3.63) is 41.7 Å². The highest BCUT2D eigenvalue weighted by Gasteiger charge is 2.05. The molecule has 0 aliphatic heterocycles. The number of nitrogens with one attached hydrogen (secondary N) is 1. The van der Waals surface area contributed by atoms with E-state index in [1.807, 2.05) is 30.1 Å². The molecule has 0 unspecified atom stereocenters. The summed E-state index contributed by atoms with van der Waals surface area (Å²) in [5, 5.41) is 7.62. The molecule has 1 heterocycles. The fraction of sp³-hybridized carbons (Fsp3) is 0.438. The van der Waals surface area contributed by atoms with Crippen LogP contribution in [0.25, 0.3) is 0 Å². The first-order valence-electron chi connectivity index (χ1n) is 7.26.